The van der Waals surface area contributed by atoms with Crippen LogP contribution >= 0.6 is 11.3 Å². The number of esters is 1. The third-order valence-corrected chi connectivity index (χ3v) is 4.83. The number of carbonyl (C=O) groups excluding carboxylic acids is 1. The normalized spacial score (nSPS) is 11.1. The van der Waals surface area contributed by atoms with E-state index in [0.717, 1.165) is 11.8 Å². The molecule has 0 unspecified atom stereocenters. The summed E-state index contributed by atoms with van der Waals surface area (Å²) in [6.45, 7) is -1.54. The lowest BCUT2D eigenvalue weighted by Gasteiger charge is -2.08. The van der Waals surface area contributed by atoms with Gasteiger partial charge in [-0.1, -0.05) is 0 Å². The van der Waals surface area contributed by atoms with E-state index >= 15 is 0 Å². The Kier molecular flexibility index (Phi) is 6.95. The lowest BCUT2D eigenvalue weighted by atomic mass is 10.2. The number of carbonyl (C=O) groups is 1. The van der Waals surface area contributed by atoms with Gasteiger partial charge in [0.25, 0.3) is 0 Å². The van der Waals surface area contributed by atoms with E-state index in [-0.39, 0.29) is 18.1 Å². The van der Waals surface area contributed by atoms with Crippen molar-refractivity contribution >= 4 is 17.3 Å². The van der Waals surface area contributed by atoms with Crippen LogP contribution in [0.5, 0.6) is 17.4 Å². The van der Waals surface area contributed by atoms with Gasteiger partial charge in [-0.05, 0) is 24.3 Å². The van der Waals surface area contributed by atoms with Gasteiger partial charge in [-0.2, -0.15) is 13.2 Å². The SMILES string of the molecule is COc1ccc(-c2nc(COC(=O)c3ccc(OCC(F)(F)F)nc3)cs2)cc1OC. The van der Waals surface area contributed by atoms with Gasteiger partial charge < -0.3 is 18.9 Å². The summed E-state index contributed by atoms with van der Waals surface area (Å²) < 4.78 is 56.6. The summed E-state index contributed by atoms with van der Waals surface area (Å²) in [4.78, 5) is 20.3. The number of thiazole rings is 1. The number of ether oxygens (including phenoxy) is 4. The maximum atomic E-state index is 12.1. The van der Waals surface area contributed by atoms with Crippen molar-refractivity contribution in [2.75, 3.05) is 20.8 Å². The van der Waals surface area contributed by atoms with Crippen LogP contribution < -0.4 is 14.2 Å². The summed E-state index contributed by atoms with van der Waals surface area (Å²) >= 11 is 1.37. The number of methoxy groups -OCH3 is 2. The predicted molar refractivity (Wildman–Crippen MR) is 106 cm³/mol. The van der Waals surface area contributed by atoms with Crippen molar-refractivity contribution in [3.63, 3.8) is 0 Å². The van der Waals surface area contributed by atoms with E-state index in [1.54, 1.807) is 24.6 Å². The Balaban J connectivity index is 1.58. The quantitative estimate of drug-likeness (QED) is 0.463. The van der Waals surface area contributed by atoms with Crippen LogP contribution in [0.4, 0.5) is 13.2 Å². The summed E-state index contributed by atoms with van der Waals surface area (Å²) in [6.07, 6.45) is -3.38. The molecule has 2 aromatic heterocycles. The largest absolute Gasteiger partial charge is 0.493 e. The van der Waals surface area contributed by atoms with Gasteiger partial charge in [0, 0.05) is 23.2 Å². The van der Waals surface area contributed by atoms with Crippen LogP contribution in [-0.2, 0) is 11.3 Å². The molecule has 0 radical (unpaired) electrons. The standard InChI is InChI=1S/C20H17F3N2O5S/c1-27-15-5-3-12(7-16(15)28-2)18-25-14(10-31-18)9-29-19(26)13-4-6-17(24-8-13)30-11-20(21,22)23/h3-8,10H,9,11H2,1-2H3. The van der Waals surface area contributed by atoms with E-state index < -0.39 is 18.8 Å². The number of halogens is 3. The molecule has 3 aromatic rings. The highest BCUT2D eigenvalue weighted by Gasteiger charge is 2.28. The second-order valence-corrected chi connectivity index (χ2v) is 6.94. The summed E-state index contributed by atoms with van der Waals surface area (Å²) in [5, 5.41) is 2.46. The number of nitrogens with zero attached hydrogens (tertiary/aromatic N) is 2. The topological polar surface area (TPSA) is 79.8 Å². The van der Waals surface area contributed by atoms with Crippen LogP contribution in [0, 0.1) is 0 Å². The van der Waals surface area contributed by atoms with Crippen LogP contribution in [0.15, 0.2) is 41.9 Å². The van der Waals surface area contributed by atoms with Crippen LogP contribution in [0.2, 0.25) is 0 Å². The average Bonchev–Trinajstić information content (AvgIpc) is 3.24. The first-order valence-electron chi connectivity index (χ1n) is 8.78. The lowest BCUT2D eigenvalue weighted by molar-refractivity contribution is -0.154. The number of benzene rings is 1. The molecule has 0 bridgehead atoms. The molecule has 0 aliphatic rings. The molecule has 0 spiro atoms. The van der Waals surface area contributed by atoms with Gasteiger partial charge in [0.1, 0.15) is 11.6 Å². The fourth-order valence-corrected chi connectivity index (χ4v) is 3.24. The first kappa shape index (κ1) is 22.3. The van der Waals surface area contributed by atoms with E-state index in [9.17, 15) is 18.0 Å². The molecule has 31 heavy (non-hydrogen) atoms. The Morgan fingerprint density at radius 2 is 1.87 bits per heavy atom. The molecule has 1 aromatic carbocycles. The van der Waals surface area contributed by atoms with E-state index in [1.807, 2.05) is 6.07 Å². The molecular formula is C20H17F3N2O5S. The highest BCUT2D eigenvalue weighted by molar-refractivity contribution is 7.13. The molecule has 3 rings (SSSR count). The Hall–Kier alpha value is -3.34. The minimum Gasteiger partial charge on any atom is -0.493 e. The maximum absolute atomic E-state index is 12.1. The number of rotatable bonds is 8. The number of hydrogen-bond donors (Lipinski definition) is 0. The first-order chi connectivity index (χ1) is 14.8. The molecule has 0 aliphatic carbocycles. The van der Waals surface area contributed by atoms with Gasteiger partial charge in [-0.3, -0.25) is 0 Å². The van der Waals surface area contributed by atoms with Crippen LogP contribution in [0.3, 0.4) is 0 Å². The van der Waals surface area contributed by atoms with Gasteiger partial charge in [-0.15, -0.1) is 11.3 Å². The molecule has 164 valence electrons. The van der Waals surface area contributed by atoms with Crippen LogP contribution in [-0.4, -0.2) is 42.9 Å². The molecule has 0 atom stereocenters. The number of hydrogen-bond acceptors (Lipinski definition) is 8. The molecule has 7 nitrogen and oxygen atoms in total. The predicted octanol–water partition coefficient (Wildman–Crippen LogP) is 4.52. The molecule has 0 amide bonds. The van der Waals surface area contributed by atoms with Gasteiger partial charge in [0.2, 0.25) is 5.88 Å². The van der Waals surface area contributed by atoms with Crippen molar-refractivity contribution in [3.05, 3.63) is 53.2 Å². The second-order valence-electron chi connectivity index (χ2n) is 6.08. The van der Waals surface area contributed by atoms with E-state index in [1.165, 1.54) is 30.6 Å². The van der Waals surface area contributed by atoms with E-state index in [0.29, 0.717) is 22.2 Å². The van der Waals surface area contributed by atoms with Crippen molar-refractivity contribution in [2.45, 2.75) is 12.8 Å². The fraction of sp³-hybridized carbons (Fsp3) is 0.250. The van der Waals surface area contributed by atoms with Gasteiger partial charge >= 0.3 is 12.1 Å². The van der Waals surface area contributed by atoms with Crippen molar-refractivity contribution in [3.8, 4) is 28.0 Å². The monoisotopic (exact) mass is 454 g/mol. The van der Waals surface area contributed by atoms with Crippen molar-refractivity contribution in [2.24, 2.45) is 0 Å². The molecule has 0 N–H and O–H groups in total. The summed E-state index contributed by atoms with van der Waals surface area (Å²) in [7, 11) is 3.09. The highest BCUT2D eigenvalue weighted by atomic mass is 32.1. The molecule has 0 saturated heterocycles. The number of alkyl halides is 3. The lowest BCUT2D eigenvalue weighted by Crippen LogP contribution is -2.19. The van der Waals surface area contributed by atoms with E-state index in [4.69, 9.17) is 14.2 Å². The minimum absolute atomic E-state index is 0.0745. The molecule has 0 aliphatic heterocycles. The summed E-state index contributed by atoms with van der Waals surface area (Å²) in [6, 6.07) is 7.84. The third kappa shape index (κ3) is 6.07. The average molecular weight is 454 g/mol. The zero-order valence-corrected chi connectivity index (χ0v) is 17.2. The maximum Gasteiger partial charge on any atom is 0.422 e. The van der Waals surface area contributed by atoms with Gasteiger partial charge in [-0.25, -0.2) is 14.8 Å². The second kappa shape index (κ2) is 9.65. The first-order valence-corrected chi connectivity index (χ1v) is 9.66. The Morgan fingerprint density at radius 1 is 1.10 bits per heavy atom. The third-order valence-electron chi connectivity index (χ3n) is 3.89. The highest BCUT2D eigenvalue weighted by Crippen LogP contribution is 2.33. The Morgan fingerprint density at radius 3 is 2.52 bits per heavy atom. The molecule has 2 heterocycles. The fourth-order valence-electron chi connectivity index (χ4n) is 2.44. The smallest absolute Gasteiger partial charge is 0.422 e. The Bertz CT molecular complexity index is 1040. The van der Waals surface area contributed by atoms with Gasteiger partial charge in [0.15, 0.2) is 18.1 Å². The van der Waals surface area contributed by atoms with Crippen molar-refractivity contribution in [1.29, 1.82) is 0 Å². The molecule has 11 heteroatoms. The Labute approximate surface area is 179 Å². The number of aromatic nitrogens is 2. The molecule has 0 saturated carbocycles. The molecular weight excluding hydrogens is 437 g/mol. The van der Waals surface area contributed by atoms with Gasteiger partial charge in [0.05, 0.1) is 25.5 Å². The van der Waals surface area contributed by atoms with Crippen molar-refractivity contribution < 1.29 is 36.9 Å². The zero-order valence-electron chi connectivity index (χ0n) is 16.4. The summed E-state index contributed by atoms with van der Waals surface area (Å²) in [5.74, 6) is 0.238. The minimum atomic E-state index is -4.47. The van der Waals surface area contributed by atoms with Crippen molar-refractivity contribution in [1.82, 2.24) is 9.97 Å². The summed E-state index contributed by atoms with van der Waals surface area (Å²) in [5.41, 5.74) is 1.44. The van der Waals surface area contributed by atoms with Crippen LogP contribution in [0.1, 0.15) is 16.1 Å². The van der Waals surface area contributed by atoms with E-state index in [2.05, 4.69) is 14.7 Å². The molecule has 0 fully saturated rings. The van der Waals surface area contributed by atoms with Crippen LogP contribution in [0.25, 0.3) is 10.6 Å². The zero-order chi connectivity index (χ0) is 22.4. The number of pyridine rings is 1.